The van der Waals surface area contributed by atoms with Gasteiger partial charge in [0.05, 0.1) is 0 Å². The first kappa shape index (κ1) is 27.5. The fourth-order valence-electron chi connectivity index (χ4n) is 4.81. The molecule has 1 fully saturated rings. The number of piperazine rings is 1. The molecule has 36 heavy (non-hydrogen) atoms. The van der Waals surface area contributed by atoms with Crippen molar-refractivity contribution in [2.75, 3.05) is 43.4 Å². The molecule has 3 aromatic carbocycles. The number of benzene rings is 3. The summed E-state index contributed by atoms with van der Waals surface area (Å²) >= 11 is 0. The number of aliphatic hydroxyl groups is 1. The minimum Gasteiger partial charge on any atom is -0.399 e. The maximum atomic E-state index is 9.61. The van der Waals surface area contributed by atoms with E-state index in [9.17, 15) is 5.11 Å². The molecule has 0 aliphatic carbocycles. The van der Waals surface area contributed by atoms with E-state index in [1.165, 1.54) is 28.0 Å². The second kappa shape index (κ2) is 13.9. The number of rotatable bonds is 8. The third kappa shape index (κ3) is 6.99. The zero-order valence-corrected chi connectivity index (χ0v) is 22.5. The Morgan fingerprint density at radius 3 is 1.86 bits per heavy atom. The summed E-state index contributed by atoms with van der Waals surface area (Å²) in [4.78, 5) is 5.03. The molecular weight excluding hydrogens is 442 g/mol. The lowest BCUT2D eigenvalue weighted by molar-refractivity contribution is 0.209. The maximum Gasteiger partial charge on any atom is 0.0434 e. The summed E-state index contributed by atoms with van der Waals surface area (Å²) in [6, 6.07) is 28.3. The molecule has 3 aromatic rings. The lowest BCUT2D eigenvalue weighted by Crippen LogP contribution is -2.48. The molecule has 0 atom stereocenters. The summed E-state index contributed by atoms with van der Waals surface area (Å²) in [5.74, 6) is 0. The molecule has 0 radical (unpaired) electrons. The molecule has 1 saturated heterocycles. The highest BCUT2D eigenvalue weighted by molar-refractivity contribution is 5.99. The number of hydrogen-bond acceptors (Lipinski definition) is 4. The number of nitrogens with two attached hydrogens (primary N) is 1. The van der Waals surface area contributed by atoms with Gasteiger partial charge < -0.3 is 15.7 Å². The average molecular weight is 486 g/mol. The van der Waals surface area contributed by atoms with Gasteiger partial charge in [-0.3, -0.25) is 4.90 Å². The van der Waals surface area contributed by atoms with Gasteiger partial charge in [0.15, 0.2) is 0 Å². The van der Waals surface area contributed by atoms with Gasteiger partial charge in [0.1, 0.15) is 0 Å². The Morgan fingerprint density at radius 1 is 0.778 bits per heavy atom. The van der Waals surface area contributed by atoms with E-state index in [0.717, 1.165) is 50.3 Å². The highest BCUT2D eigenvalue weighted by Crippen LogP contribution is 2.36. The summed E-state index contributed by atoms with van der Waals surface area (Å²) in [5.41, 5.74) is 14.0. The number of nitrogen functional groups attached to an aromatic ring is 1. The minimum absolute atomic E-state index is 0.173. The van der Waals surface area contributed by atoms with Crippen molar-refractivity contribution < 1.29 is 5.11 Å². The SMILES string of the molecule is CC.CC(C)N1CCN(c2ccc(/C(=C(/CCCO)c3ccccc3)c3ccc(N)cc3)cc2)CC1. The van der Waals surface area contributed by atoms with Crippen LogP contribution >= 0.6 is 0 Å². The highest BCUT2D eigenvalue weighted by atomic mass is 16.2. The standard InChI is InChI=1S/C30H37N3O.C2H6/c1-23(2)32-18-20-33(21-19-32)28-16-12-26(13-17-28)30(25-10-14-27(31)15-11-25)29(9-6-22-34)24-7-4-3-5-8-24;1-2/h3-5,7-8,10-17,23,34H,6,9,18-22,31H2,1-2H3;1-2H3/b30-29-;. The van der Waals surface area contributed by atoms with Crippen molar-refractivity contribution in [2.45, 2.75) is 46.6 Å². The Hall–Kier alpha value is -3.08. The highest BCUT2D eigenvalue weighted by Gasteiger charge is 2.20. The summed E-state index contributed by atoms with van der Waals surface area (Å²) in [6.07, 6.45) is 1.53. The van der Waals surface area contributed by atoms with Crippen LogP contribution in [0.25, 0.3) is 11.1 Å². The van der Waals surface area contributed by atoms with Crippen molar-refractivity contribution in [1.29, 1.82) is 0 Å². The van der Waals surface area contributed by atoms with Crippen molar-refractivity contribution in [2.24, 2.45) is 0 Å². The van der Waals surface area contributed by atoms with E-state index < -0.39 is 0 Å². The van der Waals surface area contributed by atoms with Crippen LogP contribution in [0.2, 0.25) is 0 Å². The molecule has 0 amide bonds. The van der Waals surface area contributed by atoms with Crippen LogP contribution in [0.4, 0.5) is 11.4 Å². The van der Waals surface area contributed by atoms with Crippen molar-refractivity contribution in [3.8, 4) is 0 Å². The van der Waals surface area contributed by atoms with Crippen LogP contribution in [0.15, 0.2) is 78.9 Å². The largest absolute Gasteiger partial charge is 0.399 e. The Kier molecular flexibility index (Phi) is 10.6. The van der Waals surface area contributed by atoms with Gasteiger partial charge in [-0.05, 0) is 78.8 Å². The fraction of sp³-hybridized carbons (Fsp3) is 0.375. The normalized spacial score (nSPS) is 14.8. The molecule has 0 spiro atoms. The Bertz CT molecular complexity index is 1060. The lowest BCUT2D eigenvalue weighted by atomic mass is 9.87. The lowest BCUT2D eigenvalue weighted by Gasteiger charge is -2.38. The van der Waals surface area contributed by atoms with Gasteiger partial charge in [-0.15, -0.1) is 0 Å². The molecule has 1 heterocycles. The summed E-state index contributed by atoms with van der Waals surface area (Å²) in [5, 5.41) is 9.61. The van der Waals surface area contributed by atoms with Gasteiger partial charge in [0, 0.05) is 50.2 Å². The molecule has 3 N–H and O–H groups in total. The molecule has 192 valence electrons. The van der Waals surface area contributed by atoms with Gasteiger partial charge in [0.2, 0.25) is 0 Å². The first-order chi connectivity index (χ1) is 17.6. The molecule has 0 bridgehead atoms. The van der Waals surface area contributed by atoms with Crippen molar-refractivity contribution in [1.82, 2.24) is 4.90 Å². The van der Waals surface area contributed by atoms with Crippen LogP contribution in [-0.2, 0) is 0 Å². The molecule has 4 heteroatoms. The van der Waals surface area contributed by atoms with Crippen molar-refractivity contribution >= 4 is 22.5 Å². The van der Waals surface area contributed by atoms with E-state index in [1.54, 1.807) is 0 Å². The quantitative estimate of drug-likeness (QED) is 0.280. The van der Waals surface area contributed by atoms with Crippen LogP contribution in [0.3, 0.4) is 0 Å². The Morgan fingerprint density at radius 2 is 1.33 bits per heavy atom. The number of allylic oxidation sites excluding steroid dienone is 1. The van der Waals surface area contributed by atoms with E-state index in [0.29, 0.717) is 6.04 Å². The molecule has 0 unspecified atom stereocenters. The summed E-state index contributed by atoms with van der Waals surface area (Å²) in [7, 11) is 0. The van der Waals surface area contributed by atoms with Crippen LogP contribution in [-0.4, -0.2) is 48.8 Å². The van der Waals surface area contributed by atoms with Gasteiger partial charge in [-0.1, -0.05) is 68.4 Å². The zero-order valence-electron chi connectivity index (χ0n) is 22.5. The third-order valence-electron chi connectivity index (χ3n) is 6.77. The number of anilines is 2. The van der Waals surface area contributed by atoms with E-state index in [2.05, 4.69) is 84.3 Å². The molecule has 4 rings (SSSR count). The second-order valence-corrected chi connectivity index (χ2v) is 9.33. The van der Waals surface area contributed by atoms with Crippen LogP contribution in [0.1, 0.15) is 57.2 Å². The van der Waals surface area contributed by atoms with E-state index in [-0.39, 0.29) is 6.61 Å². The monoisotopic (exact) mass is 485 g/mol. The van der Waals surface area contributed by atoms with Crippen LogP contribution in [0.5, 0.6) is 0 Å². The number of hydrogen-bond donors (Lipinski definition) is 2. The maximum absolute atomic E-state index is 9.61. The topological polar surface area (TPSA) is 52.7 Å². The molecule has 4 nitrogen and oxygen atoms in total. The molecule has 1 aliphatic rings. The molecule has 1 aliphatic heterocycles. The molecule has 0 saturated carbocycles. The third-order valence-corrected chi connectivity index (χ3v) is 6.77. The first-order valence-electron chi connectivity index (χ1n) is 13.4. The summed E-state index contributed by atoms with van der Waals surface area (Å²) in [6.45, 7) is 13.1. The number of nitrogens with zero attached hydrogens (tertiary/aromatic N) is 2. The average Bonchev–Trinajstić information content (AvgIpc) is 2.93. The number of aliphatic hydroxyl groups excluding tert-OH is 1. The van der Waals surface area contributed by atoms with Crippen LogP contribution in [0, 0.1) is 0 Å². The van der Waals surface area contributed by atoms with Gasteiger partial charge in [-0.2, -0.15) is 0 Å². The zero-order chi connectivity index (χ0) is 25.9. The van der Waals surface area contributed by atoms with Gasteiger partial charge in [0.25, 0.3) is 0 Å². The van der Waals surface area contributed by atoms with E-state index >= 15 is 0 Å². The van der Waals surface area contributed by atoms with Gasteiger partial charge >= 0.3 is 0 Å². The smallest absolute Gasteiger partial charge is 0.0434 e. The first-order valence-corrected chi connectivity index (χ1v) is 13.4. The molecule has 0 aromatic heterocycles. The van der Waals surface area contributed by atoms with Crippen molar-refractivity contribution in [3.63, 3.8) is 0 Å². The predicted octanol–water partition coefficient (Wildman–Crippen LogP) is 6.56. The van der Waals surface area contributed by atoms with E-state index in [1.807, 2.05) is 32.0 Å². The summed E-state index contributed by atoms with van der Waals surface area (Å²) < 4.78 is 0. The minimum atomic E-state index is 0.173. The van der Waals surface area contributed by atoms with E-state index in [4.69, 9.17) is 5.73 Å². The fourth-order valence-corrected chi connectivity index (χ4v) is 4.81. The van der Waals surface area contributed by atoms with Crippen LogP contribution < -0.4 is 10.6 Å². The second-order valence-electron chi connectivity index (χ2n) is 9.33. The van der Waals surface area contributed by atoms with Gasteiger partial charge in [-0.25, -0.2) is 0 Å². The predicted molar refractivity (Wildman–Crippen MR) is 156 cm³/mol. The van der Waals surface area contributed by atoms with Crippen molar-refractivity contribution in [3.05, 3.63) is 95.6 Å². The Balaban J connectivity index is 0.00000176. The Labute approximate surface area is 218 Å². The molecular formula is C32H43N3O.